The first-order valence-corrected chi connectivity index (χ1v) is 5.94. The zero-order chi connectivity index (χ0) is 11.8. The number of benzene rings is 1. The van der Waals surface area contributed by atoms with Crippen molar-refractivity contribution >= 4 is 11.5 Å². The van der Waals surface area contributed by atoms with Gasteiger partial charge in [0.15, 0.2) is 5.78 Å². The molecule has 0 unspecified atom stereocenters. The van der Waals surface area contributed by atoms with Crippen LogP contribution in [0.1, 0.15) is 22.3 Å². The third-order valence-electron chi connectivity index (χ3n) is 3.45. The normalized spacial score (nSPS) is 19.6. The van der Waals surface area contributed by atoms with Crippen molar-refractivity contribution in [1.82, 2.24) is 0 Å². The first-order chi connectivity index (χ1) is 8.25. The molecule has 1 aliphatic heterocycles. The summed E-state index contributed by atoms with van der Waals surface area (Å²) in [6, 6.07) is 3.23. The van der Waals surface area contributed by atoms with Gasteiger partial charge in [-0.3, -0.25) is 4.79 Å². The van der Waals surface area contributed by atoms with E-state index in [0.29, 0.717) is 44.0 Å². The number of morpholine rings is 1. The standard InChI is InChI=1S/C13H14FNO2/c14-11-8-10-9(1-2-13(10)16)7-12(11)15-3-5-17-6-4-15/h7-8H,1-6H2. The van der Waals surface area contributed by atoms with Crippen LogP contribution >= 0.6 is 0 Å². The molecule has 1 fully saturated rings. The number of ketones is 1. The Labute approximate surface area is 99.2 Å². The van der Waals surface area contributed by atoms with Gasteiger partial charge in [0.05, 0.1) is 18.9 Å². The number of nitrogens with zero attached hydrogens (tertiary/aromatic N) is 1. The van der Waals surface area contributed by atoms with Gasteiger partial charge in [-0.2, -0.15) is 0 Å². The SMILES string of the molecule is O=C1CCc2cc(N3CCOCC3)c(F)cc21. The minimum absolute atomic E-state index is 0.0624. The van der Waals surface area contributed by atoms with Crippen molar-refractivity contribution in [3.8, 4) is 0 Å². The fraction of sp³-hybridized carbons (Fsp3) is 0.462. The van der Waals surface area contributed by atoms with E-state index < -0.39 is 0 Å². The minimum Gasteiger partial charge on any atom is -0.378 e. The lowest BCUT2D eigenvalue weighted by Gasteiger charge is -2.29. The molecule has 0 bridgehead atoms. The molecule has 0 radical (unpaired) electrons. The van der Waals surface area contributed by atoms with Crippen molar-refractivity contribution in [1.29, 1.82) is 0 Å². The lowest BCUT2D eigenvalue weighted by atomic mass is 10.1. The van der Waals surface area contributed by atoms with E-state index in [-0.39, 0.29) is 11.6 Å². The Balaban J connectivity index is 1.97. The molecule has 0 atom stereocenters. The number of ether oxygens (including phenoxy) is 1. The van der Waals surface area contributed by atoms with Crippen molar-refractivity contribution in [3.63, 3.8) is 0 Å². The molecule has 17 heavy (non-hydrogen) atoms. The number of carbonyl (C=O) groups excluding carboxylic acids is 1. The summed E-state index contributed by atoms with van der Waals surface area (Å²) in [5.74, 6) is -0.228. The number of Topliss-reactive ketones (excluding diaryl/α,β-unsaturated/α-hetero) is 1. The van der Waals surface area contributed by atoms with Crippen molar-refractivity contribution in [2.24, 2.45) is 0 Å². The van der Waals surface area contributed by atoms with Gasteiger partial charge in [0, 0.05) is 25.1 Å². The van der Waals surface area contributed by atoms with Crippen LogP contribution in [0, 0.1) is 5.82 Å². The third-order valence-corrected chi connectivity index (χ3v) is 3.45. The summed E-state index contributed by atoms with van der Waals surface area (Å²) in [6.45, 7) is 2.69. The van der Waals surface area contributed by atoms with Crippen LogP contribution in [0.4, 0.5) is 10.1 Å². The fourth-order valence-corrected chi connectivity index (χ4v) is 2.50. The van der Waals surface area contributed by atoms with Crippen LogP contribution in [0.2, 0.25) is 0 Å². The second-order valence-electron chi connectivity index (χ2n) is 4.48. The van der Waals surface area contributed by atoms with Crippen LogP contribution in [0.15, 0.2) is 12.1 Å². The van der Waals surface area contributed by atoms with Gasteiger partial charge in [-0.25, -0.2) is 4.39 Å². The van der Waals surface area contributed by atoms with E-state index in [2.05, 4.69) is 0 Å². The summed E-state index contributed by atoms with van der Waals surface area (Å²) >= 11 is 0. The fourth-order valence-electron chi connectivity index (χ4n) is 2.50. The Kier molecular flexibility index (Phi) is 2.59. The molecule has 3 rings (SSSR count). The lowest BCUT2D eigenvalue weighted by Crippen LogP contribution is -2.36. The smallest absolute Gasteiger partial charge is 0.163 e. The van der Waals surface area contributed by atoms with Crippen molar-refractivity contribution in [3.05, 3.63) is 29.1 Å². The number of carbonyl (C=O) groups is 1. The highest BCUT2D eigenvalue weighted by molar-refractivity contribution is 6.00. The van der Waals surface area contributed by atoms with Gasteiger partial charge in [-0.15, -0.1) is 0 Å². The van der Waals surface area contributed by atoms with Gasteiger partial charge < -0.3 is 9.64 Å². The predicted molar refractivity (Wildman–Crippen MR) is 62.1 cm³/mol. The summed E-state index contributed by atoms with van der Waals surface area (Å²) in [5.41, 5.74) is 2.17. The number of anilines is 1. The average molecular weight is 235 g/mol. The monoisotopic (exact) mass is 235 g/mol. The van der Waals surface area contributed by atoms with Crippen LogP contribution in [-0.4, -0.2) is 32.1 Å². The highest BCUT2D eigenvalue weighted by atomic mass is 19.1. The zero-order valence-corrected chi connectivity index (χ0v) is 9.54. The number of aryl methyl sites for hydroxylation is 1. The molecular weight excluding hydrogens is 221 g/mol. The molecule has 90 valence electrons. The van der Waals surface area contributed by atoms with E-state index in [9.17, 15) is 9.18 Å². The molecule has 4 heteroatoms. The largest absolute Gasteiger partial charge is 0.378 e. The number of rotatable bonds is 1. The summed E-state index contributed by atoms with van der Waals surface area (Å²) in [4.78, 5) is 13.5. The highest BCUT2D eigenvalue weighted by Gasteiger charge is 2.24. The zero-order valence-electron chi connectivity index (χ0n) is 9.54. The van der Waals surface area contributed by atoms with Crippen molar-refractivity contribution in [2.75, 3.05) is 31.2 Å². The van der Waals surface area contributed by atoms with E-state index in [1.165, 1.54) is 6.07 Å². The van der Waals surface area contributed by atoms with Crippen molar-refractivity contribution < 1.29 is 13.9 Å². The molecule has 3 nitrogen and oxygen atoms in total. The second-order valence-corrected chi connectivity index (χ2v) is 4.48. The Bertz CT molecular complexity index is 467. The second kappa shape index (κ2) is 4.11. The van der Waals surface area contributed by atoms with Crippen LogP contribution in [0.5, 0.6) is 0 Å². The molecule has 1 saturated heterocycles. The Morgan fingerprint density at radius 1 is 1.18 bits per heavy atom. The van der Waals surface area contributed by atoms with Crippen LogP contribution in [0.25, 0.3) is 0 Å². The number of fused-ring (bicyclic) bond motifs is 1. The summed E-state index contributed by atoms with van der Waals surface area (Å²) in [7, 11) is 0. The molecule has 1 aromatic carbocycles. The first kappa shape index (κ1) is 10.7. The molecule has 0 amide bonds. The summed E-state index contributed by atoms with van der Waals surface area (Å²) in [6.07, 6.45) is 1.26. The maximum atomic E-state index is 14.0. The number of halogens is 1. The Morgan fingerprint density at radius 2 is 1.94 bits per heavy atom. The molecule has 0 spiro atoms. The molecular formula is C13H14FNO2. The molecule has 0 N–H and O–H groups in total. The van der Waals surface area contributed by atoms with Gasteiger partial charge in [-0.05, 0) is 24.1 Å². The van der Waals surface area contributed by atoms with Crippen LogP contribution in [-0.2, 0) is 11.2 Å². The topological polar surface area (TPSA) is 29.5 Å². The van der Waals surface area contributed by atoms with Crippen molar-refractivity contribution in [2.45, 2.75) is 12.8 Å². The average Bonchev–Trinajstić information content (AvgIpc) is 2.71. The molecule has 1 aliphatic carbocycles. The highest BCUT2D eigenvalue weighted by Crippen LogP contribution is 2.30. The quantitative estimate of drug-likeness (QED) is 0.743. The Hall–Kier alpha value is -1.42. The van der Waals surface area contributed by atoms with E-state index in [4.69, 9.17) is 4.74 Å². The molecule has 0 saturated carbocycles. The van der Waals surface area contributed by atoms with Gasteiger partial charge >= 0.3 is 0 Å². The number of hydrogen-bond donors (Lipinski definition) is 0. The number of hydrogen-bond acceptors (Lipinski definition) is 3. The molecule has 1 aromatic rings. The Morgan fingerprint density at radius 3 is 2.71 bits per heavy atom. The summed E-state index contributed by atoms with van der Waals surface area (Å²) in [5, 5.41) is 0. The lowest BCUT2D eigenvalue weighted by molar-refractivity contribution is 0.0994. The van der Waals surface area contributed by atoms with Gasteiger partial charge in [0.2, 0.25) is 0 Å². The molecule has 0 aromatic heterocycles. The molecule has 1 heterocycles. The minimum atomic E-state index is -0.291. The molecule has 2 aliphatic rings. The van der Waals surface area contributed by atoms with Gasteiger partial charge in [-0.1, -0.05) is 0 Å². The van der Waals surface area contributed by atoms with Crippen LogP contribution < -0.4 is 4.90 Å². The van der Waals surface area contributed by atoms with E-state index in [1.807, 2.05) is 11.0 Å². The maximum absolute atomic E-state index is 14.0. The van der Waals surface area contributed by atoms with Gasteiger partial charge in [0.25, 0.3) is 0 Å². The van der Waals surface area contributed by atoms with E-state index in [1.54, 1.807) is 0 Å². The third kappa shape index (κ3) is 1.82. The maximum Gasteiger partial charge on any atom is 0.163 e. The first-order valence-electron chi connectivity index (χ1n) is 5.94. The summed E-state index contributed by atoms with van der Waals surface area (Å²) < 4.78 is 19.2. The van der Waals surface area contributed by atoms with E-state index in [0.717, 1.165) is 12.0 Å². The van der Waals surface area contributed by atoms with Gasteiger partial charge in [0.1, 0.15) is 5.82 Å². The van der Waals surface area contributed by atoms with Crippen LogP contribution in [0.3, 0.4) is 0 Å². The van der Waals surface area contributed by atoms with E-state index >= 15 is 0 Å². The predicted octanol–water partition coefficient (Wildman–Crippen LogP) is 1.79.